The van der Waals surface area contributed by atoms with E-state index in [0.29, 0.717) is 12.3 Å². The Kier molecular flexibility index (Phi) is 8.33. The standard InChI is InChI=1S/C11H19Br2F3O/c1-9(2)5-10(6-12,7-13)3-4-17-8-11(14,15)16/h9H,3-8H2,1-2H3. The molecule has 0 aliphatic rings. The Morgan fingerprint density at radius 1 is 1.12 bits per heavy atom. The SMILES string of the molecule is CC(C)CC(CBr)(CBr)CCOCC(F)(F)F. The number of hydrogen-bond acceptors (Lipinski definition) is 1. The Morgan fingerprint density at radius 3 is 2.00 bits per heavy atom. The molecule has 0 N–H and O–H groups in total. The zero-order valence-corrected chi connectivity index (χ0v) is 13.3. The Balaban J connectivity index is 4.09. The zero-order chi connectivity index (χ0) is 13.5. The fourth-order valence-corrected chi connectivity index (χ4v) is 3.67. The van der Waals surface area contributed by atoms with Crippen molar-refractivity contribution < 1.29 is 17.9 Å². The first-order valence-corrected chi connectivity index (χ1v) is 7.75. The van der Waals surface area contributed by atoms with Gasteiger partial charge in [-0.1, -0.05) is 45.7 Å². The van der Waals surface area contributed by atoms with Crippen LogP contribution in [-0.4, -0.2) is 30.1 Å². The zero-order valence-electron chi connectivity index (χ0n) is 10.1. The number of halogens is 5. The summed E-state index contributed by atoms with van der Waals surface area (Å²) in [5.41, 5.74) is -0.0280. The summed E-state index contributed by atoms with van der Waals surface area (Å²) in [7, 11) is 0. The summed E-state index contributed by atoms with van der Waals surface area (Å²) in [6.07, 6.45) is -2.65. The summed E-state index contributed by atoms with van der Waals surface area (Å²) < 4.78 is 40.4. The van der Waals surface area contributed by atoms with Crippen LogP contribution in [0.4, 0.5) is 13.2 Å². The van der Waals surface area contributed by atoms with E-state index in [9.17, 15) is 13.2 Å². The lowest BCUT2D eigenvalue weighted by Gasteiger charge is -2.31. The average Bonchev–Trinajstić information content (AvgIpc) is 2.21. The molecule has 0 saturated carbocycles. The van der Waals surface area contributed by atoms with Crippen LogP contribution in [0.1, 0.15) is 26.7 Å². The van der Waals surface area contributed by atoms with Gasteiger partial charge in [-0.05, 0) is 24.2 Å². The van der Waals surface area contributed by atoms with Crippen molar-refractivity contribution in [1.82, 2.24) is 0 Å². The molecule has 1 nitrogen and oxygen atoms in total. The highest BCUT2D eigenvalue weighted by Crippen LogP contribution is 2.34. The van der Waals surface area contributed by atoms with Crippen LogP contribution in [0.5, 0.6) is 0 Å². The molecule has 6 heteroatoms. The van der Waals surface area contributed by atoms with Crippen LogP contribution in [0, 0.1) is 11.3 Å². The van der Waals surface area contributed by atoms with Gasteiger partial charge in [0.2, 0.25) is 0 Å². The van der Waals surface area contributed by atoms with Crippen molar-refractivity contribution in [2.45, 2.75) is 32.9 Å². The second-order valence-electron chi connectivity index (χ2n) is 4.78. The van der Waals surface area contributed by atoms with Crippen LogP contribution in [-0.2, 0) is 4.74 Å². The Hall–Kier alpha value is 0.710. The molecule has 0 atom stereocenters. The minimum atomic E-state index is -4.23. The van der Waals surface area contributed by atoms with E-state index in [4.69, 9.17) is 0 Å². The van der Waals surface area contributed by atoms with E-state index in [1.165, 1.54) is 0 Å². The molecule has 0 rings (SSSR count). The molecule has 0 aromatic rings. The second kappa shape index (κ2) is 8.00. The van der Waals surface area contributed by atoms with Crippen LogP contribution in [0.3, 0.4) is 0 Å². The van der Waals surface area contributed by atoms with E-state index >= 15 is 0 Å². The highest BCUT2D eigenvalue weighted by Gasteiger charge is 2.31. The molecular formula is C11H19Br2F3O. The third kappa shape index (κ3) is 8.43. The van der Waals surface area contributed by atoms with Crippen LogP contribution < -0.4 is 0 Å². The molecule has 0 amide bonds. The lowest BCUT2D eigenvalue weighted by molar-refractivity contribution is -0.175. The first-order chi connectivity index (χ1) is 7.74. The fourth-order valence-electron chi connectivity index (χ4n) is 1.72. The van der Waals surface area contributed by atoms with Crippen molar-refractivity contribution in [1.29, 1.82) is 0 Å². The first kappa shape index (κ1) is 17.7. The van der Waals surface area contributed by atoms with Crippen molar-refractivity contribution in [2.24, 2.45) is 11.3 Å². The topological polar surface area (TPSA) is 9.23 Å². The monoisotopic (exact) mass is 382 g/mol. The van der Waals surface area contributed by atoms with Crippen molar-refractivity contribution in [3.05, 3.63) is 0 Å². The summed E-state index contributed by atoms with van der Waals surface area (Å²) in [5.74, 6) is 0.507. The van der Waals surface area contributed by atoms with Gasteiger partial charge in [-0.2, -0.15) is 13.2 Å². The molecule has 0 fully saturated rings. The maximum atomic E-state index is 11.9. The molecule has 0 aliphatic heterocycles. The van der Waals surface area contributed by atoms with Crippen LogP contribution in [0.25, 0.3) is 0 Å². The summed E-state index contributed by atoms with van der Waals surface area (Å²) >= 11 is 6.89. The van der Waals surface area contributed by atoms with Gasteiger partial charge < -0.3 is 4.74 Å². The van der Waals surface area contributed by atoms with Crippen LogP contribution in [0.2, 0.25) is 0 Å². The smallest absolute Gasteiger partial charge is 0.372 e. The van der Waals surface area contributed by atoms with Gasteiger partial charge in [-0.15, -0.1) is 0 Å². The predicted octanol–water partition coefficient (Wildman–Crippen LogP) is 4.78. The quantitative estimate of drug-likeness (QED) is 0.433. The summed E-state index contributed by atoms with van der Waals surface area (Å²) in [4.78, 5) is 0. The van der Waals surface area contributed by atoms with Crippen molar-refractivity contribution in [3.63, 3.8) is 0 Å². The Labute approximate surface area is 118 Å². The average molecular weight is 384 g/mol. The second-order valence-corrected chi connectivity index (χ2v) is 5.90. The highest BCUT2D eigenvalue weighted by molar-refractivity contribution is 9.09. The van der Waals surface area contributed by atoms with Crippen molar-refractivity contribution in [2.75, 3.05) is 23.9 Å². The van der Waals surface area contributed by atoms with Gasteiger partial charge in [-0.25, -0.2) is 0 Å². The molecule has 0 aromatic heterocycles. The van der Waals surface area contributed by atoms with E-state index in [1.807, 2.05) is 0 Å². The van der Waals surface area contributed by atoms with E-state index in [0.717, 1.165) is 17.1 Å². The summed E-state index contributed by atoms with van der Waals surface area (Å²) in [5, 5.41) is 1.53. The van der Waals surface area contributed by atoms with E-state index < -0.39 is 12.8 Å². The van der Waals surface area contributed by atoms with E-state index in [2.05, 4.69) is 50.4 Å². The van der Waals surface area contributed by atoms with Gasteiger partial charge in [0.05, 0.1) is 0 Å². The van der Waals surface area contributed by atoms with Crippen molar-refractivity contribution >= 4 is 31.9 Å². The molecule has 0 unspecified atom stereocenters. The lowest BCUT2D eigenvalue weighted by Crippen LogP contribution is -2.29. The third-order valence-corrected chi connectivity index (χ3v) is 4.83. The first-order valence-electron chi connectivity index (χ1n) is 5.51. The minimum absolute atomic E-state index is 0.0280. The largest absolute Gasteiger partial charge is 0.411 e. The Bertz CT molecular complexity index is 203. The predicted molar refractivity (Wildman–Crippen MR) is 71.0 cm³/mol. The molecule has 0 spiro atoms. The molecule has 0 saturated heterocycles. The van der Waals surface area contributed by atoms with Gasteiger partial charge in [0.1, 0.15) is 6.61 Å². The Morgan fingerprint density at radius 2 is 1.65 bits per heavy atom. The number of hydrogen-bond donors (Lipinski definition) is 0. The van der Waals surface area contributed by atoms with Crippen LogP contribution in [0.15, 0.2) is 0 Å². The molecule has 0 heterocycles. The molecule has 0 bridgehead atoms. The number of alkyl halides is 5. The molecule has 0 radical (unpaired) electrons. The van der Waals surface area contributed by atoms with Gasteiger partial charge in [-0.3, -0.25) is 0 Å². The fraction of sp³-hybridized carbons (Fsp3) is 1.00. The minimum Gasteiger partial charge on any atom is -0.372 e. The summed E-state index contributed by atoms with van der Waals surface area (Å²) in [6.45, 7) is 3.20. The molecule has 17 heavy (non-hydrogen) atoms. The van der Waals surface area contributed by atoms with E-state index in [-0.39, 0.29) is 12.0 Å². The van der Waals surface area contributed by atoms with E-state index in [1.54, 1.807) is 0 Å². The van der Waals surface area contributed by atoms with Crippen molar-refractivity contribution in [3.8, 4) is 0 Å². The lowest BCUT2D eigenvalue weighted by atomic mass is 9.81. The highest BCUT2D eigenvalue weighted by atomic mass is 79.9. The van der Waals surface area contributed by atoms with Gasteiger partial charge in [0, 0.05) is 17.3 Å². The number of rotatable bonds is 8. The maximum Gasteiger partial charge on any atom is 0.411 e. The normalized spacial score (nSPS) is 13.4. The third-order valence-electron chi connectivity index (χ3n) is 2.45. The van der Waals surface area contributed by atoms with Gasteiger partial charge in [0.25, 0.3) is 0 Å². The molecular weight excluding hydrogens is 365 g/mol. The molecule has 0 aliphatic carbocycles. The maximum absolute atomic E-state index is 11.9. The van der Waals surface area contributed by atoms with Crippen LogP contribution >= 0.6 is 31.9 Å². The number of ether oxygens (including phenoxy) is 1. The molecule has 0 aromatic carbocycles. The van der Waals surface area contributed by atoms with Gasteiger partial charge >= 0.3 is 6.18 Å². The van der Waals surface area contributed by atoms with Gasteiger partial charge in [0.15, 0.2) is 0 Å². The summed E-state index contributed by atoms with van der Waals surface area (Å²) in [6, 6.07) is 0. The molecule has 104 valence electrons.